The molecule has 0 spiro atoms. The zero-order chi connectivity index (χ0) is 23.8. The van der Waals surface area contributed by atoms with Crippen LogP contribution >= 0.6 is 0 Å². The fourth-order valence-electron chi connectivity index (χ4n) is 4.87. The van der Waals surface area contributed by atoms with Crippen molar-refractivity contribution in [1.82, 2.24) is 24.6 Å². The van der Waals surface area contributed by atoms with Gasteiger partial charge in [0.1, 0.15) is 6.04 Å². The number of rotatable bonds is 4. The number of benzene rings is 1. The number of amides is 2. The first-order chi connectivity index (χ1) is 15.6. The van der Waals surface area contributed by atoms with Gasteiger partial charge < -0.3 is 14.8 Å². The normalized spacial score (nSPS) is 20.2. The molecular formula is C23H30F3N5O2. The van der Waals surface area contributed by atoms with Gasteiger partial charge in [0.05, 0.1) is 0 Å². The highest BCUT2D eigenvalue weighted by Crippen LogP contribution is 2.28. The summed E-state index contributed by atoms with van der Waals surface area (Å²) >= 11 is 0. The number of alkyl halides is 3. The van der Waals surface area contributed by atoms with Crippen molar-refractivity contribution < 1.29 is 22.8 Å². The van der Waals surface area contributed by atoms with Crippen LogP contribution in [0.5, 0.6) is 0 Å². The number of H-pyrrole nitrogens is 1. The van der Waals surface area contributed by atoms with E-state index in [1.165, 1.54) is 17.0 Å². The second-order valence-electron chi connectivity index (χ2n) is 8.99. The van der Waals surface area contributed by atoms with Crippen LogP contribution in [0.25, 0.3) is 10.9 Å². The molecule has 2 amide bonds. The molecule has 0 unspecified atom stereocenters. The molecule has 3 heterocycles. The number of piperazine rings is 1. The minimum atomic E-state index is -4.98. The highest BCUT2D eigenvalue weighted by atomic mass is 19.4. The molecule has 0 bridgehead atoms. The standard InChI is InChI=1S/C23H30F3N5O2/c1-16(21(32)30-13-11-29(12-14-30)19-6-9-28(2)10-7-19)31(23(24,25)26)22(33)18-4-3-17-5-8-27-20(17)15-18/h3-5,8,15-16,19,27H,6-7,9-14H2,1-2H3/t16-/m1/s1. The molecule has 2 aliphatic heterocycles. The number of halogens is 3. The van der Waals surface area contributed by atoms with Gasteiger partial charge in [0.25, 0.3) is 5.91 Å². The highest BCUT2D eigenvalue weighted by Gasteiger charge is 2.47. The largest absolute Gasteiger partial charge is 0.488 e. The summed E-state index contributed by atoms with van der Waals surface area (Å²) in [5, 5.41) is 0.789. The number of carbonyl (C=O) groups excluding carboxylic acids is 2. The van der Waals surface area contributed by atoms with Crippen molar-refractivity contribution in [2.75, 3.05) is 46.3 Å². The Morgan fingerprint density at radius 1 is 1.06 bits per heavy atom. The SMILES string of the molecule is C[C@H](C(=O)N1CCN(C2CCN(C)CC2)CC1)N(C(=O)c1ccc2cc[nH]c2c1)C(F)(F)F. The molecule has 2 fully saturated rings. The number of nitrogens with zero attached hydrogens (tertiary/aromatic N) is 4. The quantitative estimate of drug-likeness (QED) is 0.706. The Hall–Kier alpha value is -2.59. The van der Waals surface area contributed by atoms with Gasteiger partial charge in [-0.25, -0.2) is 4.90 Å². The Morgan fingerprint density at radius 3 is 2.36 bits per heavy atom. The molecule has 33 heavy (non-hydrogen) atoms. The van der Waals surface area contributed by atoms with Gasteiger partial charge in [0.2, 0.25) is 5.91 Å². The van der Waals surface area contributed by atoms with Crippen LogP contribution in [0.4, 0.5) is 13.2 Å². The summed E-state index contributed by atoms with van der Waals surface area (Å²) in [5.41, 5.74) is 0.445. The summed E-state index contributed by atoms with van der Waals surface area (Å²) in [6, 6.07) is 4.90. The molecule has 180 valence electrons. The average molecular weight is 466 g/mol. The maximum atomic E-state index is 13.9. The molecule has 0 saturated carbocycles. The predicted octanol–water partition coefficient (Wildman–Crippen LogP) is 2.76. The number of likely N-dealkylation sites (tertiary alicyclic amines) is 1. The lowest BCUT2D eigenvalue weighted by Crippen LogP contribution is -2.59. The third-order valence-corrected chi connectivity index (χ3v) is 6.87. The first-order valence-electron chi connectivity index (χ1n) is 11.3. The molecule has 0 aliphatic carbocycles. The third kappa shape index (κ3) is 5.01. The van der Waals surface area contributed by atoms with Crippen LogP contribution in [0.1, 0.15) is 30.1 Å². The van der Waals surface area contributed by atoms with Crippen molar-refractivity contribution >= 4 is 22.7 Å². The van der Waals surface area contributed by atoms with Gasteiger partial charge in [-0.1, -0.05) is 6.07 Å². The number of aromatic amines is 1. The van der Waals surface area contributed by atoms with Gasteiger partial charge in [-0.3, -0.25) is 14.5 Å². The zero-order valence-corrected chi connectivity index (χ0v) is 18.9. The Bertz CT molecular complexity index is 991. The van der Waals surface area contributed by atoms with Crippen LogP contribution in [0.2, 0.25) is 0 Å². The van der Waals surface area contributed by atoms with E-state index in [1.807, 2.05) is 0 Å². The minimum Gasteiger partial charge on any atom is -0.361 e. The summed E-state index contributed by atoms with van der Waals surface area (Å²) in [6.07, 6.45) is -1.21. The van der Waals surface area contributed by atoms with Gasteiger partial charge in [0.15, 0.2) is 0 Å². The van der Waals surface area contributed by atoms with E-state index in [4.69, 9.17) is 0 Å². The highest BCUT2D eigenvalue weighted by molar-refractivity contribution is 6.00. The summed E-state index contributed by atoms with van der Waals surface area (Å²) < 4.78 is 41.8. The van der Waals surface area contributed by atoms with Crippen LogP contribution < -0.4 is 0 Å². The van der Waals surface area contributed by atoms with E-state index in [0.717, 1.165) is 38.2 Å². The Balaban J connectivity index is 1.44. The van der Waals surface area contributed by atoms with Crippen LogP contribution in [-0.2, 0) is 4.79 Å². The number of hydrogen-bond acceptors (Lipinski definition) is 4. The van der Waals surface area contributed by atoms with Gasteiger partial charge in [-0.2, -0.15) is 0 Å². The second kappa shape index (κ2) is 9.34. The summed E-state index contributed by atoms with van der Waals surface area (Å²) in [4.78, 5) is 34.6. The van der Waals surface area contributed by atoms with Crippen LogP contribution in [0.15, 0.2) is 30.5 Å². The zero-order valence-electron chi connectivity index (χ0n) is 18.9. The third-order valence-electron chi connectivity index (χ3n) is 6.87. The topological polar surface area (TPSA) is 62.9 Å². The van der Waals surface area contributed by atoms with Crippen LogP contribution in [-0.4, -0.2) is 101 Å². The number of nitrogens with one attached hydrogen (secondary N) is 1. The lowest BCUT2D eigenvalue weighted by molar-refractivity contribution is -0.235. The molecule has 1 N–H and O–H groups in total. The molecule has 2 aliphatic rings. The fraction of sp³-hybridized carbons (Fsp3) is 0.565. The molecular weight excluding hydrogens is 435 g/mol. The molecule has 1 aromatic heterocycles. The smallest absolute Gasteiger partial charge is 0.361 e. The van der Waals surface area contributed by atoms with Crippen LogP contribution in [0, 0.1) is 0 Å². The molecule has 10 heteroatoms. The van der Waals surface area contributed by atoms with E-state index >= 15 is 0 Å². The van der Waals surface area contributed by atoms with Crippen molar-refractivity contribution in [1.29, 1.82) is 0 Å². The first kappa shape index (κ1) is 23.6. The molecule has 4 rings (SSSR count). The number of piperidine rings is 1. The van der Waals surface area contributed by atoms with Gasteiger partial charge >= 0.3 is 6.30 Å². The van der Waals surface area contributed by atoms with Crippen molar-refractivity contribution in [2.24, 2.45) is 0 Å². The first-order valence-corrected chi connectivity index (χ1v) is 11.3. The predicted molar refractivity (Wildman–Crippen MR) is 119 cm³/mol. The summed E-state index contributed by atoms with van der Waals surface area (Å²) in [6.45, 7) is 5.21. The Labute approximate surface area is 191 Å². The number of hydrogen-bond donors (Lipinski definition) is 1. The number of aromatic nitrogens is 1. The van der Waals surface area contributed by atoms with E-state index in [-0.39, 0.29) is 10.5 Å². The Kier molecular flexibility index (Phi) is 6.67. The summed E-state index contributed by atoms with van der Waals surface area (Å²) in [5.74, 6) is -1.91. The van der Waals surface area contributed by atoms with Crippen molar-refractivity contribution in [3.63, 3.8) is 0 Å². The number of carbonyl (C=O) groups is 2. The minimum absolute atomic E-state index is 0.117. The van der Waals surface area contributed by atoms with E-state index in [1.54, 1.807) is 18.3 Å². The lowest BCUT2D eigenvalue weighted by atomic mass is 10.0. The fourth-order valence-corrected chi connectivity index (χ4v) is 4.87. The second-order valence-corrected chi connectivity index (χ2v) is 8.99. The van der Waals surface area contributed by atoms with E-state index < -0.39 is 24.2 Å². The molecule has 7 nitrogen and oxygen atoms in total. The molecule has 1 aromatic carbocycles. The van der Waals surface area contributed by atoms with Gasteiger partial charge in [0, 0.05) is 49.5 Å². The molecule has 2 aromatic rings. The monoisotopic (exact) mass is 465 g/mol. The average Bonchev–Trinajstić information content (AvgIpc) is 3.26. The molecule has 2 saturated heterocycles. The van der Waals surface area contributed by atoms with Gasteiger partial charge in [-0.05, 0) is 63.5 Å². The van der Waals surface area contributed by atoms with E-state index in [0.29, 0.717) is 37.7 Å². The lowest BCUT2D eigenvalue weighted by Gasteiger charge is -2.43. The molecule has 0 radical (unpaired) electrons. The van der Waals surface area contributed by atoms with Crippen molar-refractivity contribution in [3.05, 3.63) is 36.0 Å². The van der Waals surface area contributed by atoms with E-state index in [2.05, 4.69) is 21.8 Å². The Morgan fingerprint density at radius 2 is 1.73 bits per heavy atom. The summed E-state index contributed by atoms with van der Waals surface area (Å²) in [7, 11) is 2.10. The van der Waals surface area contributed by atoms with Gasteiger partial charge in [-0.15, -0.1) is 13.2 Å². The maximum Gasteiger partial charge on any atom is 0.488 e. The van der Waals surface area contributed by atoms with Crippen LogP contribution in [0.3, 0.4) is 0 Å². The van der Waals surface area contributed by atoms with Crippen molar-refractivity contribution in [3.8, 4) is 0 Å². The maximum absolute atomic E-state index is 13.9. The van der Waals surface area contributed by atoms with E-state index in [9.17, 15) is 22.8 Å². The number of fused-ring (bicyclic) bond motifs is 1. The molecule has 1 atom stereocenters. The van der Waals surface area contributed by atoms with Crippen molar-refractivity contribution in [2.45, 2.75) is 38.1 Å².